The molecule has 0 aliphatic carbocycles. The fourth-order valence-corrected chi connectivity index (χ4v) is 4.02. The number of ether oxygens (including phenoxy) is 1. The summed E-state index contributed by atoms with van der Waals surface area (Å²) in [7, 11) is 0. The fourth-order valence-electron chi connectivity index (χ4n) is 3.51. The zero-order valence-corrected chi connectivity index (χ0v) is 18.1. The van der Waals surface area contributed by atoms with Crippen LogP contribution in [0.3, 0.4) is 0 Å². The zero-order chi connectivity index (χ0) is 21.0. The van der Waals surface area contributed by atoms with Gasteiger partial charge in [0.15, 0.2) is 0 Å². The standard InChI is InChI=1S/C21H23F2IN2O3/c1-12(27)26-19(8-13-6-14(22)9-15(23)7-13)20(28)11-25-18-4-5-29-21-3-2-16(24)10-17(18)21/h2-3,6-7,9-10,18-20,25,28H,4-5,8,11H2,1H3,(H,26,27)/t18?,19?,20-/m1/s1. The van der Waals surface area contributed by atoms with E-state index in [-0.39, 0.29) is 24.9 Å². The Morgan fingerprint density at radius 2 is 2.00 bits per heavy atom. The Bertz CT molecular complexity index is 861. The van der Waals surface area contributed by atoms with Crippen LogP contribution >= 0.6 is 22.6 Å². The van der Waals surface area contributed by atoms with E-state index in [1.165, 1.54) is 19.1 Å². The van der Waals surface area contributed by atoms with Crippen molar-refractivity contribution in [3.63, 3.8) is 0 Å². The maximum atomic E-state index is 13.5. The van der Waals surface area contributed by atoms with Crippen molar-refractivity contribution in [2.75, 3.05) is 13.2 Å². The molecule has 0 saturated carbocycles. The summed E-state index contributed by atoms with van der Waals surface area (Å²) in [6, 6.07) is 8.47. The molecule has 8 heteroatoms. The molecule has 5 nitrogen and oxygen atoms in total. The van der Waals surface area contributed by atoms with Crippen molar-refractivity contribution < 1.29 is 23.4 Å². The molecule has 0 aromatic heterocycles. The van der Waals surface area contributed by atoms with E-state index in [0.29, 0.717) is 12.2 Å². The highest BCUT2D eigenvalue weighted by Crippen LogP contribution is 2.33. The van der Waals surface area contributed by atoms with Crippen molar-refractivity contribution >= 4 is 28.5 Å². The van der Waals surface area contributed by atoms with Gasteiger partial charge in [-0.05, 0) is 64.9 Å². The smallest absolute Gasteiger partial charge is 0.217 e. The highest BCUT2D eigenvalue weighted by Gasteiger charge is 2.25. The molecule has 0 fully saturated rings. The first kappa shape index (κ1) is 21.9. The van der Waals surface area contributed by atoms with E-state index in [2.05, 4.69) is 33.2 Å². The summed E-state index contributed by atoms with van der Waals surface area (Å²) in [4.78, 5) is 11.6. The van der Waals surface area contributed by atoms with Crippen LogP contribution in [-0.2, 0) is 11.2 Å². The van der Waals surface area contributed by atoms with Crippen molar-refractivity contribution in [3.8, 4) is 5.75 Å². The summed E-state index contributed by atoms with van der Waals surface area (Å²) in [5.41, 5.74) is 1.39. The topological polar surface area (TPSA) is 70.6 Å². The van der Waals surface area contributed by atoms with Gasteiger partial charge in [-0.2, -0.15) is 0 Å². The normalized spacial score (nSPS) is 17.8. The number of carbonyl (C=O) groups is 1. The first-order valence-corrected chi connectivity index (χ1v) is 10.5. The Morgan fingerprint density at radius 1 is 1.28 bits per heavy atom. The largest absolute Gasteiger partial charge is 0.493 e. The first-order chi connectivity index (χ1) is 13.8. The SMILES string of the molecule is CC(=O)NC(Cc1cc(F)cc(F)c1)[C@H](O)CNC1CCOc2ccc(I)cc21. The number of aliphatic hydroxyl groups excluding tert-OH is 1. The van der Waals surface area contributed by atoms with Crippen LogP contribution in [0.5, 0.6) is 5.75 Å². The van der Waals surface area contributed by atoms with Crippen molar-refractivity contribution in [3.05, 3.63) is 62.7 Å². The van der Waals surface area contributed by atoms with Crippen molar-refractivity contribution in [2.24, 2.45) is 0 Å². The summed E-state index contributed by atoms with van der Waals surface area (Å²) >= 11 is 2.24. The van der Waals surface area contributed by atoms with Crippen LogP contribution in [0.1, 0.15) is 30.5 Å². The summed E-state index contributed by atoms with van der Waals surface area (Å²) in [5.74, 6) is -0.889. The van der Waals surface area contributed by atoms with Crippen molar-refractivity contribution in [2.45, 2.75) is 38.0 Å². The number of halogens is 3. The summed E-state index contributed by atoms with van der Waals surface area (Å²) in [5, 5.41) is 16.7. The predicted molar refractivity (Wildman–Crippen MR) is 114 cm³/mol. The third-order valence-electron chi connectivity index (χ3n) is 4.82. The van der Waals surface area contributed by atoms with Gasteiger partial charge in [0.2, 0.25) is 5.91 Å². The van der Waals surface area contributed by atoms with Gasteiger partial charge in [-0.1, -0.05) is 0 Å². The monoisotopic (exact) mass is 516 g/mol. The van der Waals surface area contributed by atoms with Crippen LogP contribution in [0.25, 0.3) is 0 Å². The minimum atomic E-state index is -0.945. The number of benzene rings is 2. The average Bonchev–Trinajstić information content (AvgIpc) is 2.64. The quantitative estimate of drug-likeness (QED) is 0.495. The summed E-state index contributed by atoms with van der Waals surface area (Å²) < 4.78 is 33.8. The van der Waals surface area contributed by atoms with Crippen LogP contribution in [-0.4, -0.2) is 36.3 Å². The van der Waals surface area contributed by atoms with Gasteiger partial charge in [0, 0.05) is 41.1 Å². The molecule has 3 atom stereocenters. The van der Waals surface area contributed by atoms with E-state index in [9.17, 15) is 18.7 Å². The van der Waals surface area contributed by atoms with Crippen LogP contribution in [0.2, 0.25) is 0 Å². The highest BCUT2D eigenvalue weighted by atomic mass is 127. The minimum Gasteiger partial charge on any atom is -0.493 e. The lowest BCUT2D eigenvalue weighted by molar-refractivity contribution is -0.120. The fraction of sp³-hybridized carbons (Fsp3) is 0.381. The van der Waals surface area contributed by atoms with E-state index in [1.807, 2.05) is 18.2 Å². The lowest BCUT2D eigenvalue weighted by Gasteiger charge is -2.30. The van der Waals surface area contributed by atoms with Gasteiger partial charge in [0.05, 0.1) is 18.8 Å². The second kappa shape index (κ2) is 9.82. The molecule has 0 saturated heterocycles. The third-order valence-corrected chi connectivity index (χ3v) is 5.49. The minimum absolute atomic E-state index is 0.00714. The lowest BCUT2D eigenvalue weighted by Crippen LogP contribution is -2.48. The van der Waals surface area contributed by atoms with Gasteiger partial charge >= 0.3 is 0 Å². The maximum Gasteiger partial charge on any atom is 0.217 e. The Hall–Kier alpha value is -1.78. The highest BCUT2D eigenvalue weighted by molar-refractivity contribution is 14.1. The Balaban J connectivity index is 1.68. The van der Waals surface area contributed by atoms with Gasteiger partial charge in [0.1, 0.15) is 17.4 Å². The molecule has 0 spiro atoms. The number of rotatable bonds is 7. The van der Waals surface area contributed by atoms with Gasteiger partial charge in [-0.3, -0.25) is 4.79 Å². The van der Waals surface area contributed by atoms with E-state index in [0.717, 1.165) is 27.4 Å². The van der Waals surface area contributed by atoms with Gasteiger partial charge < -0.3 is 20.5 Å². The molecule has 2 aromatic carbocycles. The molecule has 29 heavy (non-hydrogen) atoms. The second-order valence-corrected chi connectivity index (χ2v) is 8.38. The number of nitrogens with one attached hydrogen (secondary N) is 2. The molecule has 0 radical (unpaired) electrons. The van der Waals surface area contributed by atoms with Crippen LogP contribution in [0.4, 0.5) is 8.78 Å². The third kappa shape index (κ3) is 6.10. The molecule has 1 amide bonds. The van der Waals surface area contributed by atoms with Crippen LogP contribution < -0.4 is 15.4 Å². The summed E-state index contributed by atoms with van der Waals surface area (Å²) in [6.07, 6.45) is -0.0849. The Morgan fingerprint density at radius 3 is 2.69 bits per heavy atom. The molecule has 0 bridgehead atoms. The molecule has 2 aromatic rings. The van der Waals surface area contributed by atoms with Gasteiger partial charge in [-0.15, -0.1) is 0 Å². The van der Waals surface area contributed by atoms with Crippen LogP contribution in [0.15, 0.2) is 36.4 Å². The second-order valence-electron chi connectivity index (χ2n) is 7.14. The van der Waals surface area contributed by atoms with Gasteiger partial charge in [0.25, 0.3) is 0 Å². The molecular formula is C21H23F2IN2O3. The molecule has 1 heterocycles. The number of aliphatic hydroxyl groups is 1. The molecule has 156 valence electrons. The molecule has 1 aliphatic heterocycles. The summed E-state index contributed by atoms with van der Waals surface area (Å²) in [6.45, 7) is 2.12. The number of hydrogen-bond donors (Lipinski definition) is 3. The maximum absolute atomic E-state index is 13.5. The zero-order valence-electron chi connectivity index (χ0n) is 15.9. The van der Waals surface area contributed by atoms with E-state index >= 15 is 0 Å². The molecule has 3 N–H and O–H groups in total. The van der Waals surface area contributed by atoms with E-state index in [1.54, 1.807) is 0 Å². The molecule has 3 rings (SSSR count). The predicted octanol–water partition coefficient (Wildman–Crippen LogP) is 3.09. The molecular weight excluding hydrogens is 493 g/mol. The van der Waals surface area contributed by atoms with Crippen LogP contribution in [0, 0.1) is 15.2 Å². The Kier molecular flexibility index (Phi) is 7.42. The van der Waals surface area contributed by atoms with E-state index in [4.69, 9.17) is 4.74 Å². The molecule has 1 aliphatic rings. The van der Waals surface area contributed by atoms with Crippen molar-refractivity contribution in [1.82, 2.24) is 10.6 Å². The number of hydrogen-bond acceptors (Lipinski definition) is 4. The number of carbonyl (C=O) groups excluding carboxylic acids is 1. The Labute approximate surface area is 182 Å². The van der Waals surface area contributed by atoms with E-state index < -0.39 is 23.8 Å². The first-order valence-electron chi connectivity index (χ1n) is 9.37. The van der Waals surface area contributed by atoms with Gasteiger partial charge in [-0.25, -0.2) is 8.78 Å². The number of amides is 1. The average molecular weight is 516 g/mol. The number of fused-ring (bicyclic) bond motifs is 1. The molecule has 2 unspecified atom stereocenters. The van der Waals surface area contributed by atoms with Crippen molar-refractivity contribution in [1.29, 1.82) is 0 Å². The lowest BCUT2D eigenvalue weighted by atomic mass is 9.98.